The second kappa shape index (κ2) is 30.9. The molecule has 0 unspecified atom stereocenters. The van der Waals surface area contributed by atoms with Gasteiger partial charge in [0, 0.05) is 99.2 Å². The van der Waals surface area contributed by atoms with Gasteiger partial charge < -0.3 is 18.3 Å². The second-order valence-electron chi connectivity index (χ2n) is 31.6. The molecule has 580 valence electrons. The molecule has 24 aromatic rings. The minimum Gasteiger partial charge on any atom is -0.309 e. The van der Waals surface area contributed by atoms with Gasteiger partial charge in [-0.1, -0.05) is 334 Å². The molecule has 0 amide bonds. The molecule has 24 rings (SSSR count). The summed E-state index contributed by atoms with van der Waals surface area (Å²) >= 11 is 0. The predicted octanol–water partition coefficient (Wildman–Crippen LogP) is 30.0. The maximum atomic E-state index is 5.12. The Balaban J connectivity index is 0.000000143. The van der Waals surface area contributed by atoms with Gasteiger partial charge in [-0.25, -0.2) is 19.9 Å². The van der Waals surface area contributed by atoms with E-state index in [0.29, 0.717) is 11.6 Å². The number of hydrogen-bond acceptors (Lipinski definition) is 4. The first-order valence-corrected chi connectivity index (χ1v) is 42.1. The van der Waals surface area contributed by atoms with E-state index in [4.69, 9.17) is 19.9 Å². The number of fused-ring (bicyclic) bond motifs is 12. The highest BCUT2D eigenvalue weighted by molar-refractivity contribution is 6.18. The number of benzene rings is 18. The summed E-state index contributed by atoms with van der Waals surface area (Å²) in [7, 11) is 0. The standard InChI is InChI=1S/2C58H38N4/c1-4-17-39(18-5-1)51-38-52(40-19-6-2-7-20-40)60-58(59-51)44-23-14-21-41(35-44)42-33-34-55-50(37-42)48-27-10-12-30-53(48)62(55)46-26-15-22-43(36-46)47-29-16-32-56-57(47)49-28-11-13-31-54(49)61(56)45-24-8-3-9-25-45;1-4-16-40(17-5-1)51-38-52(41-18-6-2-7-19-41)60-58(59-51)42-32-30-39(31-33-42)43-34-35-55-50(37-43)48-24-10-12-27-53(48)62(55)46-23-14-20-44(36-46)47-26-15-29-56-57(47)49-25-11-13-28-54(49)61(56)45-21-8-3-9-22-45/h2*1-38H. The van der Waals surface area contributed by atoms with Gasteiger partial charge in [0.05, 0.1) is 66.9 Å². The van der Waals surface area contributed by atoms with Crippen LogP contribution in [0.5, 0.6) is 0 Å². The van der Waals surface area contributed by atoms with Gasteiger partial charge in [-0.05, 0) is 172 Å². The van der Waals surface area contributed by atoms with Crippen LogP contribution >= 0.6 is 0 Å². The van der Waals surface area contributed by atoms with E-state index >= 15 is 0 Å². The molecule has 18 aromatic carbocycles. The van der Waals surface area contributed by atoms with Crippen molar-refractivity contribution >= 4 is 87.2 Å². The van der Waals surface area contributed by atoms with Gasteiger partial charge in [-0.3, -0.25) is 0 Å². The molecule has 0 aliphatic carbocycles. The molecule has 0 aliphatic heterocycles. The lowest BCUT2D eigenvalue weighted by molar-refractivity contribution is 1.18. The van der Waals surface area contributed by atoms with Crippen LogP contribution in [0.25, 0.3) is 222 Å². The minimum atomic E-state index is 0.699. The van der Waals surface area contributed by atoms with Gasteiger partial charge >= 0.3 is 0 Å². The van der Waals surface area contributed by atoms with Crippen molar-refractivity contribution in [2.45, 2.75) is 0 Å². The van der Waals surface area contributed by atoms with E-state index in [-0.39, 0.29) is 0 Å². The van der Waals surface area contributed by atoms with Crippen molar-refractivity contribution in [2.75, 3.05) is 0 Å². The van der Waals surface area contributed by atoms with Gasteiger partial charge in [0.15, 0.2) is 11.6 Å². The van der Waals surface area contributed by atoms with Crippen molar-refractivity contribution in [3.8, 4) is 135 Å². The number of nitrogens with zero attached hydrogens (tertiary/aromatic N) is 8. The van der Waals surface area contributed by atoms with Crippen molar-refractivity contribution in [2.24, 2.45) is 0 Å². The van der Waals surface area contributed by atoms with E-state index in [1.54, 1.807) is 0 Å². The van der Waals surface area contributed by atoms with Gasteiger partial charge in [-0.15, -0.1) is 0 Å². The van der Waals surface area contributed by atoms with Crippen molar-refractivity contribution < 1.29 is 0 Å². The molecule has 0 aliphatic rings. The van der Waals surface area contributed by atoms with Gasteiger partial charge in [0.25, 0.3) is 0 Å². The molecule has 6 heterocycles. The van der Waals surface area contributed by atoms with E-state index < -0.39 is 0 Å². The fraction of sp³-hybridized carbons (Fsp3) is 0. The lowest BCUT2D eigenvalue weighted by Gasteiger charge is -2.12. The summed E-state index contributed by atoms with van der Waals surface area (Å²) in [5.41, 5.74) is 33.2. The van der Waals surface area contributed by atoms with Crippen LogP contribution in [0.2, 0.25) is 0 Å². The van der Waals surface area contributed by atoms with Crippen LogP contribution in [-0.4, -0.2) is 38.2 Å². The normalized spacial score (nSPS) is 11.5. The third-order valence-electron chi connectivity index (χ3n) is 24.3. The highest BCUT2D eigenvalue weighted by atomic mass is 15.0. The molecule has 124 heavy (non-hydrogen) atoms. The number of para-hydroxylation sites is 6. The molecule has 0 atom stereocenters. The van der Waals surface area contributed by atoms with Crippen molar-refractivity contribution in [3.05, 3.63) is 461 Å². The molecule has 0 spiro atoms. The van der Waals surface area contributed by atoms with Crippen LogP contribution in [0.15, 0.2) is 461 Å². The van der Waals surface area contributed by atoms with Crippen molar-refractivity contribution in [3.63, 3.8) is 0 Å². The van der Waals surface area contributed by atoms with Gasteiger partial charge in [-0.2, -0.15) is 0 Å². The predicted molar refractivity (Wildman–Crippen MR) is 516 cm³/mol. The van der Waals surface area contributed by atoms with Crippen LogP contribution in [0.1, 0.15) is 0 Å². The van der Waals surface area contributed by atoms with Crippen LogP contribution in [0.4, 0.5) is 0 Å². The molecule has 6 aromatic heterocycles. The Morgan fingerprint density at radius 1 is 0.137 bits per heavy atom. The summed E-state index contributed by atoms with van der Waals surface area (Å²) in [5, 5.41) is 9.86. The topological polar surface area (TPSA) is 71.3 Å². The van der Waals surface area contributed by atoms with Crippen molar-refractivity contribution in [1.82, 2.24) is 38.2 Å². The van der Waals surface area contributed by atoms with Gasteiger partial charge in [0.2, 0.25) is 0 Å². The van der Waals surface area contributed by atoms with E-state index in [1.165, 1.54) is 104 Å². The molecule has 0 fully saturated rings. The molecule has 0 N–H and O–H groups in total. The Morgan fingerprint density at radius 3 is 0.823 bits per heavy atom. The second-order valence-corrected chi connectivity index (χ2v) is 31.6. The van der Waals surface area contributed by atoms with Crippen molar-refractivity contribution in [1.29, 1.82) is 0 Å². The monoisotopic (exact) mass is 1580 g/mol. The summed E-state index contributed by atoms with van der Waals surface area (Å²) in [5.74, 6) is 1.40. The summed E-state index contributed by atoms with van der Waals surface area (Å²) < 4.78 is 9.59. The fourth-order valence-electron chi connectivity index (χ4n) is 18.5. The Labute approximate surface area is 716 Å². The third-order valence-corrected chi connectivity index (χ3v) is 24.3. The first-order valence-electron chi connectivity index (χ1n) is 42.1. The average Bonchev–Trinajstić information content (AvgIpc) is 1.58. The Bertz CT molecular complexity index is 8080. The fourth-order valence-corrected chi connectivity index (χ4v) is 18.5. The van der Waals surface area contributed by atoms with E-state index in [1.807, 2.05) is 48.5 Å². The first kappa shape index (κ1) is 72.5. The first-order chi connectivity index (χ1) is 61.5. The number of rotatable bonds is 14. The van der Waals surface area contributed by atoms with Crippen LogP contribution in [-0.2, 0) is 0 Å². The molecule has 0 saturated heterocycles. The molecule has 0 saturated carbocycles. The highest BCUT2D eigenvalue weighted by Crippen LogP contribution is 2.45. The molecule has 0 radical (unpaired) electrons. The maximum Gasteiger partial charge on any atom is 0.160 e. The minimum absolute atomic E-state index is 0.699. The SMILES string of the molecule is c1ccc(-c2cc(-c3ccccc3)nc(-c3ccc(-c4ccc5c(c4)c4ccccc4n5-c4cccc(-c5cccc6c5c5ccccc5n6-c5ccccc5)c4)cc3)n2)cc1.c1ccc(-c2cc(-c3ccccc3)nc(-c3cccc(-c4ccc5c(c4)c4ccccc4n5-c4cccc(-c5cccc6c5c5ccccc5n6-c5ccccc5)c4)c3)n2)cc1. The molecule has 0 bridgehead atoms. The Morgan fingerprint density at radius 2 is 0.403 bits per heavy atom. The molecular formula is C116H76N8. The lowest BCUT2D eigenvalue weighted by atomic mass is 9.99. The number of aromatic nitrogens is 8. The maximum absolute atomic E-state index is 5.12. The van der Waals surface area contributed by atoms with E-state index in [2.05, 4.69) is 431 Å². The Kier molecular flexibility index (Phi) is 18.1. The molecular weight excluding hydrogens is 1510 g/mol. The third kappa shape index (κ3) is 13.0. The zero-order chi connectivity index (χ0) is 82.0. The Hall–Kier alpha value is -16.7. The summed E-state index contributed by atoms with van der Waals surface area (Å²) in [6, 6.07) is 164. The largest absolute Gasteiger partial charge is 0.309 e. The zero-order valence-corrected chi connectivity index (χ0v) is 67.5. The molecule has 8 nitrogen and oxygen atoms in total. The quantitative estimate of drug-likeness (QED) is 0.109. The van der Waals surface area contributed by atoms with Gasteiger partial charge in [0.1, 0.15) is 0 Å². The average molecular weight is 1580 g/mol. The van der Waals surface area contributed by atoms with Crippen LogP contribution in [0, 0.1) is 0 Å². The smallest absolute Gasteiger partial charge is 0.160 e. The summed E-state index contributed by atoms with van der Waals surface area (Å²) in [6.45, 7) is 0. The van der Waals surface area contributed by atoms with E-state index in [0.717, 1.165) is 107 Å². The van der Waals surface area contributed by atoms with Crippen LogP contribution < -0.4 is 0 Å². The highest BCUT2D eigenvalue weighted by Gasteiger charge is 2.23. The summed E-state index contributed by atoms with van der Waals surface area (Å²) in [6.07, 6.45) is 0. The lowest BCUT2D eigenvalue weighted by Crippen LogP contribution is -1.96. The number of hydrogen-bond donors (Lipinski definition) is 0. The summed E-state index contributed by atoms with van der Waals surface area (Å²) in [4.78, 5) is 20.4. The van der Waals surface area contributed by atoms with Crippen LogP contribution in [0.3, 0.4) is 0 Å². The molecule has 8 heteroatoms. The zero-order valence-electron chi connectivity index (χ0n) is 67.5. The van der Waals surface area contributed by atoms with E-state index in [9.17, 15) is 0 Å².